The Labute approximate surface area is 105 Å². The molecule has 0 radical (unpaired) electrons. The molecule has 0 aliphatic heterocycles. The van der Waals surface area contributed by atoms with Gasteiger partial charge >= 0.3 is 0 Å². The van der Waals surface area contributed by atoms with E-state index >= 15 is 0 Å². The summed E-state index contributed by atoms with van der Waals surface area (Å²) in [4.78, 5) is 12.5. The van der Waals surface area contributed by atoms with Crippen LogP contribution in [0.5, 0.6) is 0 Å². The van der Waals surface area contributed by atoms with Crippen LogP contribution in [-0.4, -0.2) is 37.6 Å². The standard InChI is InChI=1S/C11H17N3O2S/c1-12-9-6-10(13(2)4-5-17-3)8-11(7-9)14(15)16/h6-8,12H,4-5H2,1-3H3. The minimum atomic E-state index is -0.368. The van der Waals surface area contributed by atoms with Crippen molar-refractivity contribution in [1.29, 1.82) is 0 Å². The molecule has 6 heteroatoms. The molecule has 0 aliphatic carbocycles. The second kappa shape index (κ2) is 6.34. The molecule has 0 unspecified atom stereocenters. The van der Waals surface area contributed by atoms with Crippen molar-refractivity contribution in [2.75, 3.05) is 42.9 Å². The number of rotatable bonds is 6. The third-order valence-corrected chi connectivity index (χ3v) is 3.06. The molecule has 0 aromatic heterocycles. The van der Waals surface area contributed by atoms with E-state index in [0.717, 1.165) is 23.7 Å². The van der Waals surface area contributed by atoms with Crippen LogP contribution in [0.2, 0.25) is 0 Å². The van der Waals surface area contributed by atoms with E-state index in [2.05, 4.69) is 5.32 Å². The molecule has 1 aromatic rings. The van der Waals surface area contributed by atoms with Crippen LogP contribution in [0, 0.1) is 10.1 Å². The van der Waals surface area contributed by atoms with Crippen molar-refractivity contribution in [3.05, 3.63) is 28.3 Å². The van der Waals surface area contributed by atoms with E-state index < -0.39 is 0 Å². The van der Waals surface area contributed by atoms with Gasteiger partial charge in [-0.2, -0.15) is 11.8 Å². The van der Waals surface area contributed by atoms with E-state index in [4.69, 9.17) is 0 Å². The van der Waals surface area contributed by atoms with Crippen molar-refractivity contribution in [2.24, 2.45) is 0 Å². The topological polar surface area (TPSA) is 58.4 Å². The number of nitrogens with one attached hydrogen (secondary N) is 1. The Morgan fingerprint density at radius 2 is 2.18 bits per heavy atom. The van der Waals surface area contributed by atoms with Crippen molar-refractivity contribution in [2.45, 2.75) is 0 Å². The lowest BCUT2D eigenvalue weighted by atomic mass is 10.2. The van der Waals surface area contributed by atoms with Gasteiger partial charge in [-0.05, 0) is 12.3 Å². The lowest BCUT2D eigenvalue weighted by molar-refractivity contribution is -0.384. The molecule has 0 bridgehead atoms. The molecule has 0 heterocycles. The van der Waals surface area contributed by atoms with Crippen LogP contribution in [0.15, 0.2) is 18.2 Å². The lowest BCUT2D eigenvalue weighted by Gasteiger charge is -2.19. The highest BCUT2D eigenvalue weighted by molar-refractivity contribution is 7.98. The van der Waals surface area contributed by atoms with Gasteiger partial charge < -0.3 is 10.2 Å². The predicted molar refractivity (Wildman–Crippen MR) is 74.3 cm³/mol. The Bertz CT molecular complexity index is 398. The number of nitro groups is 1. The van der Waals surface area contributed by atoms with Crippen molar-refractivity contribution < 1.29 is 4.92 Å². The fraction of sp³-hybridized carbons (Fsp3) is 0.455. The molecule has 0 saturated heterocycles. The van der Waals surface area contributed by atoms with E-state index in [1.54, 1.807) is 24.9 Å². The summed E-state index contributed by atoms with van der Waals surface area (Å²) in [6, 6.07) is 5.04. The molecule has 17 heavy (non-hydrogen) atoms. The molecular formula is C11H17N3O2S. The van der Waals surface area contributed by atoms with E-state index in [-0.39, 0.29) is 10.6 Å². The normalized spacial score (nSPS) is 10.1. The third-order valence-electron chi connectivity index (χ3n) is 2.47. The molecule has 1 rings (SSSR count). The highest BCUT2D eigenvalue weighted by atomic mass is 32.2. The van der Waals surface area contributed by atoms with Gasteiger partial charge in [0.2, 0.25) is 0 Å². The number of non-ortho nitro benzene ring substituents is 1. The summed E-state index contributed by atoms with van der Waals surface area (Å²) in [6.07, 6.45) is 2.04. The first-order valence-corrected chi connectivity index (χ1v) is 6.65. The maximum atomic E-state index is 10.8. The molecule has 0 fully saturated rings. The van der Waals surface area contributed by atoms with Gasteiger partial charge in [0, 0.05) is 49.9 Å². The largest absolute Gasteiger partial charge is 0.388 e. The molecule has 0 amide bonds. The molecule has 1 aromatic carbocycles. The zero-order valence-electron chi connectivity index (χ0n) is 10.3. The van der Waals surface area contributed by atoms with E-state index in [1.807, 2.05) is 24.3 Å². The highest BCUT2D eigenvalue weighted by Crippen LogP contribution is 2.26. The number of hydrogen-bond donors (Lipinski definition) is 1. The van der Waals surface area contributed by atoms with Crippen molar-refractivity contribution in [3.8, 4) is 0 Å². The first kappa shape index (κ1) is 13.6. The Balaban J connectivity index is 2.97. The summed E-state index contributed by atoms with van der Waals surface area (Å²) in [5, 5.41) is 13.8. The predicted octanol–water partition coefficient (Wildman–Crippen LogP) is 2.44. The summed E-state index contributed by atoms with van der Waals surface area (Å²) < 4.78 is 0. The van der Waals surface area contributed by atoms with Crippen LogP contribution in [0.1, 0.15) is 0 Å². The Morgan fingerprint density at radius 3 is 2.71 bits per heavy atom. The smallest absolute Gasteiger partial charge is 0.273 e. The minimum Gasteiger partial charge on any atom is -0.388 e. The second-order valence-electron chi connectivity index (χ2n) is 3.66. The zero-order valence-corrected chi connectivity index (χ0v) is 11.1. The summed E-state index contributed by atoms with van der Waals surface area (Å²) in [7, 11) is 3.69. The highest BCUT2D eigenvalue weighted by Gasteiger charge is 2.11. The van der Waals surface area contributed by atoms with Gasteiger partial charge in [-0.25, -0.2) is 0 Å². The molecule has 0 aliphatic rings. The van der Waals surface area contributed by atoms with E-state index in [1.165, 1.54) is 6.07 Å². The average Bonchev–Trinajstić information content (AvgIpc) is 2.35. The van der Waals surface area contributed by atoms with E-state index in [0.29, 0.717) is 0 Å². The number of thioether (sulfide) groups is 1. The van der Waals surface area contributed by atoms with Gasteiger partial charge in [-0.1, -0.05) is 0 Å². The third kappa shape index (κ3) is 3.81. The van der Waals surface area contributed by atoms with Crippen molar-refractivity contribution in [3.63, 3.8) is 0 Å². The van der Waals surface area contributed by atoms with Crippen LogP contribution in [0.25, 0.3) is 0 Å². The summed E-state index contributed by atoms with van der Waals surface area (Å²) in [5.41, 5.74) is 1.73. The molecular weight excluding hydrogens is 238 g/mol. The maximum absolute atomic E-state index is 10.8. The van der Waals surface area contributed by atoms with Gasteiger partial charge in [0.05, 0.1) is 4.92 Å². The van der Waals surface area contributed by atoms with Crippen LogP contribution < -0.4 is 10.2 Å². The van der Waals surface area contributed by atoms with E-state index in [9.17, 15) is 10.1 Å². The van der Waals surface area contributed by atoms with Gasteiger partial charge in [-0.15, -0.1) is 0 Å². The quantitative estimate of drug-likeness (QED) is 0.625. The SMILES string of the molecule is CNc1cc(N(C)CCSC)cc([N+](=O)[O-])c1. The molecule has 1 N–H and O–H groups in total. The van der Waals surface area contributed by atoms with Gasteiger partial charge in [0.15, 0.2) is 0 Å². The molecule has 5 nitrogen and oxygen atoms in total. The zero-order chi connectivity index (χ0) is 12.8. The summed E-state index contributed by atoms with van der Waals surface area (Å²) in [6.45, 7) is 0.867. The number of anilines is 2. The maximum Gasteiger partial charge on any atom is 0.273 e. The fourth-order valence-electron chi connectivity index (χ4n) is 1.42. The monoisotopic (exact) mass is 255 g/mol. The van der Waals surface area contributed by atoms with Crippen molar-refractivity contribution >= 4 is 28.8 Å². The molecule has 0 atom stereocenters. The summed E-state index contributed by atoms with van der Waals surface area (Å²) in [5.74, 6) is 0.994. The van der Waals surface area contributed by atoms with Gasteiger partial charge in [-0.3, -0.25) is 10.1 Å². The van der Waals surface area contributed by atoms with Crippen LogP contribution in [-0.2, 0) is 0 Å². The molecule has 0 spiro atoms. The first-order chi connectivity index (χ1) is 8.08. The Hall–Kier alpha value is -1.43. The number of benzene rings is 1. The van der Waals surface area contributed by atoms with Crippen molar-refractivity contribution in [1.82, 2.24) is 0 Å². The average molecular weight is 255 g/mol. The minimum absolute atomic E-state index is 0.114. The van der Waals surface area contributed by atoms with Gasteiger partial charge in [0.1, 0.15) is 0 Å². The Kier molecular flexibility index (Phi) is 5.09. The van der Waals surface area contributed by atoms with Crippen LogP contribution >= 0.6 is 11.8 Å². The Morgan fingerprint density at radius 1 is 1.47 bits per heavy atom. The summed E-state index contributed by atoms with van der Waals surface area (Å²) >= 11 is 1.75. The number of hydrogen-bond acceptors (Lipinski definition) is 5. The number of nitrogens with zero attached hydrogens (tertiary/aromatic N) is 2. The number of nitro benzene ring substituents is 1. The first-order valence-electron chi connectivity index (χ1n) is 5.25. The fourth-order valence-corrected chi connectivity index (χ4v) is 1.88. The van der Waals surface area contributed by atoms with Crippen LogP contribution in [0.3, 0.4) is 0 Å². The van der Waals surface area contributed by atoms with Gasteiger partial charge in [0.25, 0.3) is 5.69 Å². The van der Waals surface area contributed by atoms with Crippen LogP contribution in [0.4, 0.5) is 17.1 Å². The lowest BCUT2D eigenvalue weighted by Crippen LogP contribution is -2.20. The molecule has 94 valence electrons. The molecule has 0 saturated carbocycles. The second-order valence-corrected chi connectivity index (χ2v) is 4.65.